The van der Waals surface area contributed by atoms with Crippen LogP contribution in [0.15, 0.2) is 30.3 Å². The molecule has 1 saturated heterocycles. The lowest BCUT2D eigenvalue weighted by Gasteiger charge is -2.45. The van der Waals surface area contributed by atoms with Crippen LogP contribution in [0.5, 0.6) is 0 Å². The summed E-state index contributed by atoms with van der Waals surface area (Å²) in [6.45, 7) is 5.44. The van der Waals surface area contributed by atoms with Crippen LogP contribution in [0.1, 0.15) is 34.6 Å². The van der Waals surface area contributed by atoms with Gasteiger partial charge in [0.25, 0.3) is 0 Å². The third kappa shape index (κ3) is 7.99. The van der Waals surface area contributed by atoms with Gasteiger partial charge in [-0.15, -0.1) is 0 Å². The zero-order valence-electron chi connectivity index (χ0n) is 20.4. The number of carbonyl (C=O) groups excluding carboxylic acids is 5. The van der Waals surface area contributed by atoms with Gasteiger partial charge in [-0.05, 0) is 24.4 Å². The number of esters is 4. The van der Waals surface area contributed by atoms with Gasteiger partial charge in [0.2, 0.25) is 5.91 Å². The molecule has 1 amide bonds. The van der Waals surface area contributed by atoms with E-state index in [9.17, 15) is 24.0 Å². The quantitative estimate of drug-likeness (QED) is 0.308. The summed E-state index contributed by atoms with van der Waals surface area (Å²) in [4.78, 5) is 60.7. The van der Waals surface area contributed by atoms with E-state index in [1.165, 1.54) is 18.7 Å². The predicted molar refractivity (Wildman–Crippen MR) is 127 cm³/mol. The molecule has 0 aromatic heterocycles. The number of nitrogens with one attached hydrogen (secondary N) is 1. The van der Waals surface area contributed by atoms with Crippen LogP contribution in [-0.4, -0.2) is 72.1 Å². The van der Waals surface area contributed by atoms with Crippen LogP contribution >= 0.6 is 12.2 Å². The molecule has 0 radical (unpaired) electrons. The fourth-order valence-corrected chi connectivity index (χ4v) is 3.90. The summed E-state index contributed by atoms with van der Waals surface area (Å²) in [5.41, 5.74) is 0.452. The molecule has 2 rings (SSSR count). The Morgan fingerprint density at radius 3 is 1.86 bits per heavy atom. The number of thiocarbonyl (C=S) groups is 1. The highest BCUT2D eigenvalue weighted by Crippen LogP contribution is 2.29. The fraction of sp³-hybridized carbons (Fsp3) is 0.478. The standard InChI is InChI=1S/C23H28N2O10S/c1-12(26)25(17-9-7-6-8-10-17)23(36)24-22-21(34-16(5)30)20(33-15(4)29)19(32-14(3)28)18(35-22)11-31-13(2)27/h6-10,18-22H,11H2,1-5H3,(H,24,36)/t18-,19-,20+,21-,22-/m1/s1. The van der Waals surface area contributed by atoms with Crippen LogP contribution in [0, 0.1) is 0 Å². The topological polar surface area (TPSA) is 147 Å². The third-order valence-corrected chi connectivity index (χ3v) is 5.09. The summed E-state index contributed by atoms with van der Waals surface area (Å²) in [6.07, 6.45) is -6.50. The SMILES string of the molecule is CC(=O)OC[C@H]1O[C@@H](NC(=S)N(C(C)=O)c2ccccc2)[C@H](OC(C)=O)[C@@H](OC(C)=O)[C@@H]1OC(C)=O. The normalized spacial score (nSPS) is 23.0. The molecule has 0 saturated carbocycles. The van der Waals surface area contributed by atoms with Gasteiger partial charge in [0.1, 0.15) is 12.7 Å². The van der Waals surface area contributed by atoms with Crippen LogP contribution in [0.25, 0.3) is 0 Å². The maximum Gasteiger partial charge on any atom is 0.303 e. The van der Waals surface area contributed by atoms with Crippen molar-refractivity contribution in [1.82, 2.24) is 5.32 Å². The van der Waals surface area contributed by atoms with Gasteiger partial charge in [-0.1, -0.05) is 18.2 Å². The number of hydrogen-bond acceptors (Lipinski definition) is 11. The first-order valence-electron chi connectivity index (χ1n) is 10.9. The van der Waals surface area contributed by atoms with Crippen molar-refractivity contribution in [2.75, 3.05) is 11.5 Å². The second kappa shape index (κ2) is 12.9. The monoisotopic (exact) mass is 524 g/mol. The lowest BCUT2D eigenvalue weighted by atomic mass is 9.97. The molecular formula is C23H28N2O10S. The molecule has 0 spiro atoms. The Morgan fingerprint density at radius 2 is 1.36 bits per heavy atom. The molecule has 0 unspecified atom stereocenters. The summed E-state index contributed by atoms with van der Waals surface area (Å²) in [7, 11) is 0. The summed E-state index contributed by atoms with van der Waals surface area (Å²) in [5, 5.41) is 2.70. The Bertz CT molecular complexity index is 1000. The number of rotatable bonds is 7. The molecule has 5 atom stereocenters. The van der Waals surface area contributed by atoms with Crippen LogP contribution in [0.2, 0.25) is 0 Å². The number of benzene rings is 1. The van der Waals surface area contributed by atoms with E-state index in [1.54, 1.807) is 30.3 Å². The molecule has 196 valence electrons. The number of nitrogens with zero attached hydrogens (tertiary/aromatic N) is 1. The largest absolute Gasteiger partial charge is 0.463 e. The van der Waals surface area contributed by atoms with Crippen LogP contribution in [0.3, 0.4) is 0 Å². The molecule has 1 aliphatic rings. The first-order valence-corrected chi connectivity index (χ1v) is 11.3. The van der Waals surface area contributed by atoms with Crippen molar-refractivity contribution >= 4 is 52.8 Å². The number of amides is 1. The van der Waals surface area contributed by atoms with Gasteiger partial charge in [-0.3, -0.25) is 28.9 Å². The Balaban J connectivity index is 2.48. The highest BCUT2D eigenvalue weighted by molar-refractivity contribution is 7.80. The van der Waals surface area contributed by atoms with Gasteiger partial charge in [0.05, 0.1) is 5.69 Å². The van der Waals surface area contributed by atoms with Gasteiger partial charge >= 0.3 is 23.9 Å². The molecule has 1 aromatic carbocycles. The molecule has 13 heteroatoms. The molecule has 12 nitrogen and oxygen atoms in total. The average molecular weight is 525 g/mol. The predicted octanol–water partition coefficient (Wildman–Crippen LogP) is 0.997. The lowest BCUT2D eigenvalue weighted by Crippen LogP contribution is -2.67. The van der Waals surface area contributed by atoms with Gasteiger partial charge in [0, 0.05) is 34.6 Å². The molecule has 0 aliphatic carbocycles. The number of hydrogen-bond donors (Lipinski definition) is 1. The summed E-state index contributed by atoms with van der Waals surface area (Å²) >= 11 is 5.45. The van der Waals surface area contributed by atoms with E-state index >= 15 is 0 Å². The van der Waals surface area contributed by atoms with E-state index in [4.69, 9.17) is 35.9 Å². The number of ether oxygens (including phenoxy) is 5. The van der Waals surface area contributed by atoms with E-state index in [0.717, 1.165) is 20.8 Å². The van der Waals surface area contributed by atoms with E-state index in [-0.39, 0.29) is 5.11 Å². The van der Waals surface area contributed by atoms with E-state index in [1.807, 2.05) is 0 Å². The van der Waals surface area contributed by atoms with Gasteiger partial charge in [-0.2, -0.15) is 0 Å². The number of carbonyl (C=O) groups is 5. The van der Waals surface area contributed by atoms with Crippen molar-refractivity contribution in [2.24, 2.45) is 0 Å². The van der Waals surface area contributed by atoms with Gasteiger partial charge in [-0.25, -0.2) is 0 Å². The average Bonchev–Trinajstić information content (AvgIpc) is 2.76. The summed E-state index contributed by atoms with van der Waals surface area (Å²) < 4.78 is 27.1. The molecule has 1 aliphatic heterocycles. The zero-order chi connectivity index (χ0) is 27.0. The molecule has 1 aromatic rings. The van der Waals surface area contributed by atoms with E-state index in [2.05, 4.69) is 5.32 Å². The van der Waals surface area contributed by atoms with Crippen molar-refractivity contribution in [1.29, 1.82) is 0 Å². The lowest BCUT2D eigenvalue weighted by molar-refractivity contribution is -0.254. The molecule has 0 bridgehead atoms. The zero-order valence-corrected chi connectivity index (χ0v) is 21.2. The van der Waals surface area contributed by atoms with Crippen LogP contribution in [-0.2, 0) is 47.7 Å². The molecule has 36 heavy (non-hydrogen) atoms. The number of anilines is 1. The smallest absolute Gasteiger partial charge is 0.303 e. The van der Waals surface area contributed by atoms with Crippen LogP contribution < -0.4 is 10.2 Å². The van der Waals surface area contributed by atoms with Crippen molar-refractivity contribution in [2.45, 2.75) is 65.3 Å². The Kier molecular flexibility index (Phi) is 10.3. The van der Waals surface area contributed by atoms with Crippen molar-refractivity contribution in [3.63, 3.8) is 0 Å². The first-order chi connectivity index (χ1) is 16.9. The third-order valence-electron chi connectivity index (χ3n) is 4.79. The molecule has 1 heterocycles. The van der Waals surface area contributed by atoms with Crippen LogP contribution in [0.4, 0.5) is 5.69 Å². The van der Waals surface area contributed by atoms with Crippen molar-refractivity contribution < 1.29 is 47.7 Å². The molecule has 1 N–H and O–H groups in total. The fourth-order valence-electron chi connectivity index (χ4n) is 3.55. The summed E-state index contributed by atoms with van der Waals surface area (Å²) in [6, 6.07) is 8.49. The molecule has 1 fully saturated rings. The van der Waals surface area contributed by atoms with E-state index in [0.29, 0.717) is 5.69 Å². The minimum absolute atomic E-state index is 0.116. The highest BCUT2D eigenvalue weighted by Gasteiger charge is 2.52. The minimum Gasteiger partial charge on any atom is -0.463 e. The Labute approximate surface area is 213 Å². The Morgan fingerprint density at radius 1 is 0.833 bits per heavy atom. The second-order valence-electron chi connectivity index (χ2n) is 7.76. The minimum atomic E-state index is -1.37. The van der Waals surface area contributed by atoms with Gasteiger partial charge < -0.3 is 29.0 Å². The van der Waals surface area contributed by atoms with E-state index < -0.39 is 67.0 Å². The maximum atomic E-state index is 12.4. The van der Waals surface area contributed by atoms with Crippen molar-refractivity contribution in [3.05, 3.63) is 30.3 Å². The first kappa shape index (κ1) is 28.7. The number of para-hydroxylation sites is 1. The molecular weight excluding hydrogens is 496 g/mol. The summed E-state index contributed by atoms with van der Waals surface area (Å²) in [5.74, 6) is -3.34. The second-order valence-corrected chi connectivity index (χ2v) is 8.15. The van der Waals surface area contributed by atoms with Gasteiger partial charge in [0.15, 0.2) is 29.7 Å². The Hall–Kier alpha value is -3.58. The maximum absolute atomic E-state index is 12.4. The van der Waals surface area contributed by atoms with Crippen molar-refractivity contribution in [3.8, 4) is 0 Å². The highest BCUT2D eigenvalue weighted by atomic mass is 32.1.